The van der Waals surface area contributed by atoms with Crippen molar-refractivity contribution < 1.29 is 18.7 Å². The maximum Gasteiger partial charge on any atom is 0.253 e. The van der Waals surface area contributed by atoms with Crippen LogP contribution in [0.1, 0.15) is 5.56 Å². The van der Waals surface area contributed by atoms with E-state index in [9.17, 15) is 9.18 Å². The van der Waals surface area contributed by atoms with Crippen molar-refractivity contribution >= 4 is 11.6 Å². The molecule has 2 aliphatic rings. The summed E-state index contributed by atoms with van der Waals surface area (Å²) in [6.07, 6.45) is 0. The van der Waals surface area contributed by atoms with E-state index in [0.29, 0.717) is 32.8 Å². The molecular weight excluding hydrogens is 347 g/mol. The van der Waals surface area contributed by atoms with Gasteiger partial charge in [-0.2, -0.15) is 0 Å². The van der Waals surface area contributed by atoms with Gasteiger partial charge < -0.3 is 14.4 Å². The van der Waals surface area contributed by atoms with Gasteiger partial charge >= 0.3 is 0 Å². The van der Waals surface area contributed by atoms with Crippen LogP contribution in [0.25, 0.3) is 0 Å². The maximum atomic E-state index is 13.1. The van der Waals surface area contributed by atoms with Gasteiger partial charge in [-0.25, -0.2) is 4.39 Å². The zero-order valence-electron chi connectivity index (χ0n) is 15.1. The summed E-state index contributed by atoms with van der Waals surface area (Å²) in [6.45, 7) is 3.61. The number of para-hydroxylation sites is 1. The molecule has 2 aromatic carbocycles. The van der Waals surface area contributed by atoms with Gasteiger partial charge in [0.2, 0.25) is 0 Å². The number of carbonyl (C=O) groups is 1. The highest BCUT2D eigenvalue weighted by Crippen LogP contribution is 2.27. The van der Waals surface area contributed by atoms with E-state index in [2.05, 4.69) is 4.90 Å². The summed E-state index contributed by atoms with van der Waals surface area (Å²) in [5.41, 5.74) is 1.34. The Bertz CT molecular complexity index is 784. The Labute approximate surface area is 158 Å². The SMILES string of the molecule is O=C1COCC2(CN(Cc3ccc(F)cc3)CCO2)CN1c1ccccc1. The number of morpholine rings is 1. The first-order valence-electron chi connectivity index (χ1n) is 9.18. The Morgan fingerprint density at radius 2 is 1.81 bits per heavy atom. The second-order valence-corrected chi connectivity index (χ2v) is 7.18. The van der Waals surface area contributed by atoms with Crippen LogP contribution in [0.3, 0.4) is 0 Å². The first-order valence-corrected chi connectivity index (χ1v) is 9.18. The van der Waals surface area contributed by atoms with E-state index in [1.54, 1.807) is 17.0 Å². The van der Waals surface area contributed by atoms with Gasteiger partial charge in [-0.3, -0.25) is 9.69 Å². The lowest BCUT2D eigenvalue weighted by atomic mass is 10.0. The number of benzene rings is 2. The average molecular weight is 370 g/mol. The summed E-state index contributed by atoms with van der Waals surface area (Å²) in [7, 11) is 0. The number of nitrogens with zero attached hydrogens (tertiary/aromatic N) is 2. The molecule has 2 saturated heterocycles. The first-order chi connectivity index (χ1) is 13.1. The lowest BCUT2D eigenvalue weighted by Gasteiger charge is -2.43. The molecule has 1 spiro atoms. The van der Waals surface area contributed by atoms with E-state index in [1.165, 1.54) is 12.1 Å². The summed E-state index contributed by atoms with van der Waals surface area (Å²) in [5.74, 6) is -0.288. The molecule has 0 aliphatic carbocycles. The predicted molar refractivity (Wildman–Crippen MR) is 100.0 cm³/mol. The Kier molecular flexibility index (Phi) is 5.20. The molecule has 1 amide bonds. The molecule has 0 radical (unpaired) electrons. The van der Waals surface area contributed by atoms with Crippen LogP contribution in [0.5, 0.6) is 0 Å². The molecule has 1 unspecified atom stereocenters. The summed E-state index contributed by atoms with van der Waals surface area (Å²) in [6, 6.07) is 16.2. The van der Waals surface area contributed by atoms with E-state index in [4.69, 9.17) is 9.47 Å². The van der Waals surface area contributed by atoms with E-state index in [1.807, 2.05) is 30.3 Å². The maximum absolute atomic E-state index is 13.1. The average Bonchev–Trinajstić information content (AvgIpc) is 2.84. The normalized spacial score (nSPS) is 24.2. The highest BCUT2D eigenvalue weighted by Gasteiger charge is 2.42. The number of hydrogen-bond acceptors (Lipinski definition) is 4. The van der Waals surface area contributed by atoms with Crippen LogP contribution < -0.4 is 4.90 Å². The fourth-order valence-electron chi connectivity index (χ4n) is 3.76. The van der Waals surface area contributed by atoms with Gasteiger partial charge in [0.15, 0.2) is 0 Å². The third-order valence-corrected chi connectivity index (χ3v) is 5.05. The molecule has 1 atom stereocenters. The van der Waals surface area contributed by atoms with Crippen molar-refractivity contribution in [2.45, 2.75) is 12.1 Å². The van der Waals surface area contributed by atoms with E-state index in [0.717, 1.165) is 17.8 Å². The van der Waals surface area contributed by atoms with Crippen LogP contribution in [0.2, 0.25) is 0 Å². The first kappa shape index (κ1) is 18.1. The summed E-state index contributed by atoms with van der Waals surface area (Å²) in [4.78, 5) is 16.6. The number of carbonyl (C=O) groups excluding carboxylic acids is 1. The van der Waals surface area contributed by atoms with E-state index in [-0.39, 0.29) is 18.3 Å². The van der Waals surface area contributed by atoms with Crippen molar-refractivity contribution in [3.8, 4) is 0 Å². The Balaban J connectivity index is 1.51. The highest BCUT2D eigenvalue weighted by molar-refractivity contribution is 5.94. The molecule has 0 N–H and O–H groups in total. The highest BCUT2D eigenvalue weighted by atomic mass is 19.1. The zero-order valence-corrected chi connectivity index (χ0v) is 15.1. The zero-order chi connectivity index (χ0) is 18.7. The van der Waals surface area contributed by atoms with Gasteiger partial charge in [0.05, 0.1) is 19.8 Å². The van der Waals surface area contributed by atoms with Crippen LogP contribution >= 0.6 is 0 Å². The number of amides is 1. The van der Waals surface area contributed by atoms with Crippen molar-refractivity contribution in [2.75, 3.05) is 44.4 Å². The Morgan fingerprint density at radius 3 is 2.59 bits per heavy atom. The van der Waals surface area contributed by atoms with E-state index < -0.39 is 5.60 Å². The summed E-state index contributed by atoms with van der Waals surface area (Å²) >= 11 is 0. The fraction of sp³-hybridized carbons (Fsp3) is 0.381. The van der Waals surface area contributed by atoms with Gasteiger partial charge in [-0.1, -0.05) is 30.3 Å². The monoisotopic (exact) mass is 370 g/mol. The molecule has 0 saturated carbocycles. The number of anilines is 1. The third kappa shape index (κ3) is 4.18. The van der Waals surface area contributed by atoms with E-state index >= 15 is 0 Å². The molecule has 6 heteroatoms. The fourth-order valence-corrected chi connectivity index (χ4v) is 3.76. The van der Waals surface area contributed by atoms with Gasteiger partial charge in [0.1, 0.15) is 18.0 Å². The molecule has 2 aromatic rings. The molecular formula is C21H23FN2O3. The second-order valence-electron chi connectivity index (χ2n) is 7.18. The Morgan fingerprint density at radius 1 is 1.04 bits per heavy atom. The molecule has 2 heterocycles. The molecule has 2 aliphatic heterocycles. The number of halogens is 1. The molecule has 142 valence electrons. The number of ether oxygens (including phenoxy) is 2. The van der Waals surface area contributed by atoms with Crippen molar-refractivity contribution in [1.29, 1.82) is 0 Å². The number of rotatable bonds is 3. The van der Waals surface area contributed by atoms with Crippen LogP contribution in [0, 0.1) is 5.82 Å². The van der Waals surface area contributed by atoms with Crippen molar-refractivity contribution in [3.63, 3.8) is 0 Å². The standard InChI is InChI=1S/C21H23FN2O3/c22-18-8-6-17(7-9-18)12-23-10-11-27-21(14-23)15-24(20(25)13-26-16-21)19-4-2-1-3-5-19/h1-9H,10-16H2. The van der Waals surface area contributed by atoms with Crippen molar-refractivity contribution in [2.24, 2.45) is 0 Å². The van der Waals surface area contributed by atoms with Crippen molar-refractivity contribution in [1.82, 2.24) is 4.90 Å². The Hall–Kier alpha value is -2.28. The van der Waals surface area contributed by atoms with Gasteiger partial charge in [-0.15, -0.1) is 0 Å². The van der Waals surface area contributed by atoms with Crippen LogP contribution in [0.15, 0.2) is 54.6 Å². The smallest absolute Gasteiger partial charge is 0.253 e. The number of hydrogen-bond donors (Lipinski definition) is 0. The van der Waals surface area contributed by atoms with Gasteiger partial charge in [-0.05, 0) is 29.8 Å². The largest absolute Gasteiger partial charge is 0.368 e. The molecule has 0 aromatic heterocycles. The van der Waals surface area contributed by atoms with Gasteiger partial charge in [0.25, 0.3) is 5.91 Å². The van der Waals surface area contributed by atoms with Crippen LogP contribution in [0.4, 0.5) is 10.1 Å². The quantitative estimate of drug-likeness (QED) is 0.832. The minimum Gasteiger partial charge on any atom is -0.368 e. The van der Waals surface area contributed by atoms with Crippen LogP contribution in [-0.4, -0.2) is 55.9 Å². The molecule has 27 heavy (non-hydrogen) atoms. The molecule has 4 rings (SSSR count). The lowest BCUT2D eigenvalue weighted by molar-refractivity contribution is -0.135. The van der Waals surface area contributed by atoms with Crippen LogP contribution in [-0.2, 0) is 20.8 Å². The minimum atomic E-state index is -0.569. The minimum absolute atomic E-state index is 0.0535. The summed E-state index contributed by atoms with van der Waals surface area (Å²) in [5, 5.41) is 0. The third-order valence-electron chi connectivity index (χ3n) is 5.05. The molecule has 2 fully saturated rings. The lowest BCUT2D eigenvalue weighted by Crippen LogP contribution is -2.59. The topological polar surface area (TPSA) is 42.0 Å². The molecule has 0 bridgehead atoms. The van der Waals surface area contributed by atoms with Gasteiger partial charge in [0, 0.05) is 25.3 Å². The predicted octanol–water partition coefficient (Wildman–Crippen LogP) is 2.46. The van der Waals surface area contributed by atoms with Crippen molar-refractivity contribution in [3.05, 3.63) is 66.0 Å². The molecule has 5 nitrogen and oxygen atoms in total. The second kappa shape index (κ2) is 7.76. The summed E-state index contributed by atoms with van der Waals surface area (Å²) < 4.78 is 25.0.